The first-order chi connectivity index (χ1) is 12.5. The normalized spacial score (nSPS) is 10.7. The maximum absolute atomic E-state index is 12.6. The summed E-state index contributed by atoms with van der Waals surface area (Å²) in [5.74, 6) is 0.739. The van der Waals surface area contributed by atoms with Crippen LogP contribution < -0.4 is 20.3 Å². The number of rotatable bonds is 6. The molecule has 0 saturated carbocycles. The Morgan fingerprint density at radius 3 is 2.77 bits per heavy atom. The summed E-state index contributed by atoms with van der Waals surface area (Å²) in [6, 6.07) is 6.94. The summed E-state index contributed by atoms with van der Waals surface area (Å²) in [6.07, 6.45) is 2.25. The molecule has 3 rings (SSSR count). The molecule has 7 nitrogen and oxygen atoms in total. The minimum Gasteiger partial charge on any atom is -0.497 e. The maximum atomic E-state index is 12.6. The van der Waals surface area contributed by atoms with Crippen LogP contribution in [0.15, 0.2) is 35.4 Å². The molecule has 136 valence electrons. The predicted molar refractivity (Wildman–Crippen MR) is 101 cm³/mol. The Hall–Kier alpha value is -2.87. The molecule has 0 radical (unpaired) electrons. The number of aryl methyl sites for hydroxylation is 1. The molecule has 3 aromatic rings. The van der Waals surface area contributed by atoms with Gasteiger partial charge in [-0.15, -0.1) is 11.3 Å². The Bertz CT molecular complexity index is 1010. The number of carbonyl (C=O) groups excluding carboxylic acids is 1. The second-order valence-corrected chi connectivity index (χ2v) is 6.69. The zero-order chi connectivity index (χ0) is 18.7. The van der Waals surface area contributed by atoms with Gasteiger partial charge in [0, 0.05) is 10.9 Å². The van der Waals surface area contributed by atoms with E-state index in [4.69, 9.17) is 9.47 Å². The molecular weight excluding hydrogens is 354 g/mol. The monoisotopic (exact) mass is 373 g/mol. The van der Waals surface area contributed by atoms with Crippen molar-refractivity contribution < 1.29 is 14.3 Å². The van der Waals surface area contributed by atoms with Gasteiger partial charge in [0.2, 0.25) is 5.91 Å². The lowest BCUT2D eigenvalue weighted by Gasteiger charge is -2.12. The van der Waals surface area contributed by atoms with Crippen LogP contribution in [0.3, 0.4) is 0 Å². The van der Waals surface area contributed by atoms with E-state index in [2.05, 4.69) is 10.3 Å². The van der Waals surface area contributed by atoms with Crippen molar-refractivity contribution in [3.63, 3.8) is 0 Å². The second kappa shape index (κ2) is 7.57. The van der Waals surface area contributed by atoms with Gasteiger partial charge in [-0.2, -0.15) is 0 Å². The fourth-order valence-corrected chi connectivity index (χ4v) is 3.48. The number of amides is 1. The van der Waals surface area contributed by atoms with Gasteiger partial charge in [-0.25, -0.2) is 4.98 Å². The molecule has 0 spiro atoms. The highest BCUT2D eigenvalue weighted by Crippen LogP contribution is 2.28. The zero-order valence-electron chi connectivity index (χ0n) is 14.7. The molecule has 0 aliphatic carbocycles. The van der Waals surface area contributed by atoms with Crippen LogP contribution in [0, 0.1) is 0 Å². The third-order valence-corrected chi connectivity index (χ3v) is 5.10. The molecule has 0 aliphatic rings. The molecule has 2 heterocycles. The van der Waals surface area contributed by atoms with E-state index < -0.39 is 0 Å². The van der Waals surface area contributed by atoms with Gasteiger partial charge in [0.05, 0.1) is 31.6 Å². The molecule has 1 amide bonds. The molecular formula is C18H19N3O4S. The van der Waals surface area contributed by atoms with Crippen molar-refractivity contribution in [2.75, 3.05) is 19.5 Å². The van der Waals surface area contributed by atoms with Crippen molar-refractivity contribution in [3.05, 3.63) is 45.8 Å². The molecule has 2 aromatic heterocycles. The lowest BCUT2D eigenvalue weighted by molar-refractivity contribution is -0.116. The second-order valence-electron chi connectivity index (χ2n) is 5.58. The molecule has 0 fully saturated rings. The van der Waals surface area contributed by atoms with Crippen LogP contribution in [-0.2, 0) is 17.8 Å². The van der Waals surface area contributed by atoms with Gasteiger partial charge in [0.15, 0.2) is 0 Å². The van der Waals surface area contributed by atoms with Gasteiger partial charge >= 0.3 is 0 Å². The van der Waals surface area contributed by atoms with Crippen molar-refractivity contribution in [1.82, 2.24) is 9.55 Å². The van der Waals surface area contributed by atoms with E-state index in [-0.39, 0.29) is 18.0 Å². The number of hydrogen-bond acceptors (Lipinski definition) is 6. The van der Waals surface area contributed by atoms with E-state index in [1.165, 1.54) is 29.3 Å². The quantitative estimate of drug-likeness (QED) is 0.718. The molecule has 0 atom stereocenters. The Kier molecular flexibility index (Phi) is 5.22. The van der Waals surface area contributed by atoms with E-state index in [1.54, 1.807) is 25.3 Å². The number of carbonyl (C=O) groups is 1. The van der Waals surface area contributed by atoms with E-state index in [1.807, 2.05) is 13.0 Å². The molecule has 1 aromatic carbocycles. The molecule has 8 heteroatoms. The lowest BCUT2D eigenvalue weighted by atomic mass is 10.2. The van der Waals surface area contributed by atoms with Crippen LogP contribution >= 0.6 is 11.3 Å². The number of nitrogens with zero attached hydrogens (tertiary/aromatic N) is 2. The third-order valence-electron chi connectivity index (χ3n) is 3.91. The minimum atomic E-state index is -0.356. The summed E-state index contributed by atoms with van der Waals surface area (Å²) in [7, 11) is 3.06. The highest BCUT2D eigenvalue weighted by Gasteiger charge is 2.13. The summed E-state index contributed by atoms with van der Waals surface area (Å²) in [4.78, 5) is 31.1. The van der Waals surface area contributed by atoms with Crippen LogP contribution in [0.2, 0.25) is 0 Å². The molecule has 0 saturated heterocycles. The summed E-state index contributed by atoms with van der Waals surface area (Å²) in [6.45, 7) is 1.89. The Balaban J connectivity index is 1.83. The van der Waals surface area contributed by atoms with Gasteiger partial charge in [-0.1, -0.05) is 6.92 Å². The fraction of sp³-hybridized carbons (Fsp3) is 0.278. The number of fused-ring (bicyclic) bond motifs is 1. The Labute approximate surface area is 154 Å². The highest BCUT2D eigenvalue weighted by molar-refractivity contribution is 7.18. The third kappa shape index (κ3) is 3.55. The number of ether oxygens (including phenoxy) is 2. The first-order valence-corrected chi connectivity index (χ1v) is 8.87. The molecule has 0 unspecified atom stereocenters. The number of aromatic nitrogens is 2. The standard InChI is InChI=1S/C18H19N3O4S/c1-4-12-8-13-17(26-12)19-10-21(18(13)23)9-16(22)20-14-7-11(24-2)5-6-15(14)25-3/h5-8,10H,4,9H2,1-3H3,(H,20,22). The average molecular weight is 373 g/mol. The summed E-state index contributed by atoms with van der Waals surface area (Å²) in [5, 5.41) is 3.29. The summed E-state index contributed by atoms with van der Waals surface area (Å²) in [5.41, 5.74) is 0.251. The number of thiophene rings is 1. The van der Waals surface area contributed by atoms with E-state index in [9.17, 15) is 9.59 Å². The van der Waals surface area contributed by atoms with E-state index >= 15 is 0 Å². The Morgan fingerprint density at radius 2 is 2.08 bits per heavy atom. The van der Waals surface area contributed by atoms with E-state index in [0.717, 1.165) is 11.3 Å². The fourth-order valence-electron chi connectivity index (χ4n) is 2.55. The number of nitrogens with one attached hydrogen (secondary N) is 1. The number of anilines is 1. The van der Waals surface area contributed by atoms with Crippen LogP contribution in [0.4, 0.5) is 5.69 Å². The minimum absolute atomic E-state index is 0.139. The topological polar surface area (TPSA) is 82.5 Å². The van der Waals surface area contributed by atoms with Crippen LogP contribution in [-0.4, -0.2) is 29.7 Å². The van der Waals surface area contributed by atoms with Crippen LogP contribution in [0.25, 0.3) is 10.2 Å². The molecule has 0 aliphatic heterocycles. The van der Waals surface area contributed by atoms with Crippen LogP contribution in [0.1, 0.15) is 11.8 Å². The van der Waals surface area contributed by atoms with Gasteiger partial charge in [-0.3, -0.25) is 14.2 Å². The van der Waals surface area contributed by atoms with Gasteiger partial charge in [-0.05, 0) is 24.6 Å². The first-order valence-electron chi connectivity index (χ1n) is 8.05. The lowest BCUT2D eigenvalue weighted by Crippen LogP contribution is -2.27. The predicted octanol–water partition coefficient (Wildman–Crippen LogP) is 2.68. The Morgan fingerprint density at radius 1 is 1.27 bits per heavy atom. The smallest absolute Gasteiger partial charge is 0.262 e. The van der Waals surface area contributed by atoms with Crippen LogP contribution in [0.5, 0.6) is 11.5 Å². The molecule has 26 heavy (non-hydrogen) atoms. The van der Waals surface area contributed by atoms with Gasteiger partial charge in [0.1, 0.15) is 22.9 Å². The maximum Gasteiger partial charge on any atom is 0.262 e. The highest BCUT2D eigenvalue weighted by atomic mass is 32.1. The molecule has 1 N–H and O–H groups in total. The zero-order valence-corrected chi connectivity index (χ0v) is 15.6. The summed E-state index contributed by atoms with van der Waals surface area (Å²) >= 11 is 1.50. The summed E-state index contributed by atoms with van der Waals surface area (Å²) < 4.78 is 11.7. The largest absolute Gasteiger partial charge is 0.497 e. The van der Waals surface area contributed by atoms with Crippen molar-refractivity contribution in [2.45, 2.75) is 19.9 Å². The van der Waals surface area contributed by atoms with Crippen molar-refractivity contribution >= 4 is 33.1 Å². The molecule has 0 bridgehead atoms. The first kappa shape index (κ1) is 17.9. The number of hydrogen-bond donors (Lipinski definition) is 1. The number of methoxy groups -OCH3 is 2. The SMILES string of the molecule is CCc1cc2c(=O)n(CC(=O)Nc3cc(OC)ccc3OC)cnc2s1. The van der Waals surface area contributed by atoms with Gasteiger partial charge < -0.3 is 14.8 Å². The van der Waals surface area contributed by atoms with Gasteiger partial charge in [0.25, 0.3) is 5.56 Å². The van der Waals surface area contributed by atoms with Crippen molar-refractivity contribution in [2.24, 2.45) is 0 Å². The van der Waals surface area contributed by atoms with Crippen molar-refractivity contribution in [3.8, 4) is 11.5 Å². The average Bonchev–Trinajstić information content (AvgIpc) is 3.08. The van der Waals surface area contributed by atoms with E-state index in [0.29, 0.717) is 27.4 Å². The van der Waals surface area contributed by atoms with Crippen molar-refractivity contribution in [1.29, 1.82) is 0 Å². The number of benzene rings is 1.